The highest BCUT2D eigenvalue weighted by molar-refractivity contribution is 5.46. The lowest BCUT2D eigenvalue weighted by Gasteiger charge is -2.46. The number of ether oxygens (including phenoxy) is 1. The van der Waals surface area contributed by atoms with Gasteiger partial charge in [0.15, 0.2) is 5.82 Å². The van der Waals surface area contributed by atoms with Crippen molar-refractivity contribution in [3.63, 3.8) is 0 Å². The van der Waals surface area contributed by atoms with Crippen LogP contribution >= 0.6 is 0 Å². The lowest BCUT2D eigenvalue weighted by Crippen LogP contribution is -2.50. The zero-order chi connectivity index (χ0) is 17.9. The van der Waals surface area contributed by atoms with Crippen LogP contribution in [0.2, 0.25) is 0 Å². The fourth-order valence-corrected chi connectivity index (χ4v) is 4.19. The van der Waals surface area contributed by atoms with Gasteiger partial charge in [0.05, 0.1) is 12.6 Å². The van der Waals surface area contributed by atoms with E-state index < -0.39 is 0 Å². The summed E-state index contributed by atoms with van der Waals surface area (Å²) in [6.45, 7) is 8.77. The molecule has 1 heterocycles. The number of para-hydroxylation sites is 2. The van der Waals surface area contributed by atoms with Gasteiger partial charge >= 0.3 is 0 Å². The van der Waals surface area contributed by atoms with Gasteiger partial charge in [-0.25, -0.2) is 0 Å². The second-order valence-electron chi connectivity index (χ2n) is 6.97. The Morgan fingerprint density at radius 3 is 2.52 bits per heavy atom. The molecule has 1 aliphatic rings. The maximum atomic E-state index is 5.54. The normalized spacial score (nSPS) is 23.8. The van der Waals surface area contributed by atoms with Gasteiger partial charge in [-0.3, -0.25) is 4.90 Å². The van der Waals surface area contributed by atoms with E-state index in [9.17, 15) is 0 Å². The van der Waals surface area contributed by atoms with Gasteiger partial charge in [-0.1, -0.05) is 32.9 Å². The molecule has 0 radical (unpaired) electrons. The molecule has 25 heavy (non-hydrogen) atoms. The van der Waals surface area contributed by atoms with Crippen LogP contribution < -0.4 is 4.74 Å². The smallest absolute Gasteiger partial charge is 0.177 e. The molecule has 0 atom stereocenters. The van der Waals surface area contributed by atoms with Crippen molar-refractivity contribution in [3.8, 4) is 11.4 Å². The van der Waals surface area contributed by atoms with Crippen LogP contribution in [0.1, 0.15) is 52.3 Å². The molecule has 1 aromatic heterocycles. The third kappa shape index (κ3) is 3.15. The summed E-state index contributed by atoms with van der Waals surface area (Å²) in [5.41, 5.74) is 0.788. The summed E-state index contributed by atoms with van der Waals surface area (Å²) < 4.78 is 7.43. The Hall–Kier alpha value is -1.95. The van der Waals surface area contributed by atoms with Crippen molar-refractivity contribution in [2.75, 3.05) is 20.2 Å². The molecule has 136 valence electrons. The maximum absolute atomic E-state index is 5.54. The summed E-state index contributed by atoms with van der Waals surface area (Å²) >= 11 is 0. The van der Waals surface area contributed by atoms with Crippen LogP contribution in [0.15, 0.2) is 24.3 Å². The van der Waals surface area contributed by atoms with Gasteiger partial charge in [0, 0.05) is 0 Å². The molecule has 0 saturated heterocycles. The Morgan fingerprint density at radius 1 is 1.20 bits per heavy atom. The predicted octanol–water partition coefficient (Wildman–Crippen LogP) is 3.42. The Labute approximate surface area is 150 Å². The second-order valence-corrected chi connectivity index (χ2v) is 6.97. The maximum Gasteiger partial charge on any atom is 0.177 e. The quantitative estimate of drug-likeness (QED) is 0.804. The third-order valence-electron chi connectivity index (χ3n) is 5.67. The van der Waals surface area contributed by atoms with Crippen LogP contribution in [0.3, 0.4) is 0 Å². The zero-order valence-electron chi connectivity index (χ0n) is 15.8. The van der Waals surface area contributed by atoms with E-state index >= 15 is 0 Å². The van der Waals surface area contributed by atoms with Gasteiger partial charge in [0.1, 0.15) is 11.4 Å². The number of aromatic nitrogens is 4. The van der Waals surface area contributed by atoms with Crippen LogP contribution in [-0.4, -0.2) is 45.3 Å². The van der Waals surface area contributed by atoms with E-state index in [1.165, 1.54) is 12.8 Å². The van der Waals surface area contributed by atoms with Gasteiger partial charge in [-0.15, -0.1) is 5.10 Å². The Kier molecular flexibility index (Phi) is 5.37. The van der Waals surface area contributed by atoms with Crippen LogP contribution in [0.25, 0.3) is 5.69 Å². The molecule has 1 fully saturated rings. The molecule has 0 amide bonds. The minimum absolute atomic E-state index is 0.111. The van der Waals surface area contributed by atoms with Gasteiger partial charge in [0.25, 0.3) is 0 Å². The fraction of sp³-hybridized carbons (Fsp3) is 0.632. The largest absolute Gasteiger partial charge is 0.494 e. The fourth-order valence-electron chi connectivity index (χ4n) is 4.19. The molecule has 6 heteroatoms. The highest BCUT2D eigenvalue weighted by Crippen LogP contribution is 2.43. The average Bonchev–Trinajstić information content (AvgIpc) is 3.14. The number of methoxy groups -OCH3 is 1. The minimum Gasteiger partial charge on any atom is -0.494 e. The first-order valence-corrected chi connectivity index (χ1v) is 9.33. The van der Waals surface area contributed by atoms with Crippen LogP contribution in [0.4, 0.5) is 0 Å². The van der Waals surface area contributed by atoms with E-state index in [1.807, 2.05) is 28.9 Å². The van der Waals surface area contributed by atoms with E-state index in [0.29, 0.717) is 0 Å². The lowest BCUT2D eigenvalue weighted by atomic mass is 9.75. The molecule has 1 aliphatic carbocycles. The molecular formula is C19H29N5O. The highest BCUT2D eigenvalue weighted by Gasteiger charge is 2.44. The molecule has 1 saturated carbocycles. The average molecular weight is 343 g/mol. The number of rotatable bonds is 6. The molecular weight excluding hydrogens is 314 g/mol. The van der Waals surface area contributed by atoms with E-state index in [-0.39, 0.29) is 5.54 Å². The van der Waals surface area contributed by atoms with Gasteiger partial charge < -0.3 is 4.74 Å². The van der Waals surface area contributed by atoms with Crippen molar-refractivity contribution < 1.29 is 4.74 Å². The van der Waals surface area contributed by atoms with Crippen LogP contribution in [0, 0.1) is 5.92 Å². The SMILES string of the molecule is CCN(CC)C1(c2nnnn2-c2ccccc2OC)CCC(C)CC1. The van der Waals surface area contributed by atoms with Crippen molar-refractivity contribution in [1.29, 1.82) is 0 Å². The number of hydrogen-bond donors (Lipinski definition) is 0. The van der Waals surface area contributed by atoms with Gasteiger partial charge in [-0.2, -0.15) is 4.68 Å². The van der Waals surface area contributed by atoms with E-state index in [2.05, 4.69) is 41.2 Å². The third-order valence-corrected chi connectivity index (χ3v) is 5.67. The topological polar surface area (TPSA) is 56.1 Å². The Balaban J connectivity index is 2.11. The molecule has 0 bridgehead atoms. The highest BCUT2D eigenvalue weighted by atomic mass is 16.5. The number of tetrazole rings is 1. The molecule has 6 nitrogen and oxygen atoms in total. The summed E-state index contributed by atoms with van der Waals surface area (Å²) in [5.74, 6) is 2.49. The van der Waals surface area contributed by atoms with E-state index in [1.54, 1.807) is 7.11 Å². The summed E-state index contributed by atoms with van der Waals surface area (Å²) in [7, 11) is 1.69. The number of hydrogen-bond acceptors (Lipinski definition) is 5. The van der Waals surface area contributed by atoms with Crippen LogP contribution in [0.5, 0.6) is 5.75 Å². The van der Waals surface area contributed by atoms with Crippen molar-refractivity contribution >= 4 is 0 Å². The molecule has 3 rings (SSSR count). The van der Waals surface area contributed by atoms with E-state index in [4.69, 9.17) is 4.74 Å². The van der Waals surface area contributed by atoms with Crippen molar-refractivity contribution in [1.82, 2.24) is 25.1 Å². The standard InChI is InChI=1S/C19H29N5O/c1-5-23(6-2)19(13-11-15(3)12-14-19)18-20-21-22-24(18)16-9-7-8-10-17(16)25-4/h7-10,15H,5-6,11-14H2,1-4H3. The summed E-state index contributed by atoms with van der Waals surface area (Å²) in [5, 5.41) is 12.9. The van der Waals surface area contributed by atoms with Crippen molar-refractivity contribution in [3.05, 3.63) is 30.1 Å². The monoisotopic (exact) mass is 343 g/mol. The summed E-state index contributed by atoms with van der Waals surface area (Å²) in [4.78, 5) is 2.52. The van der Waals surface area contributed by atoms with Crippen LogP contribution in [-0.2, 0) is 5.54 Å². The molecule has 0 spiro atoms. The number of benzene rings is 1. The first-order valence-electron chi connectivity index (χ1n) is 9.33. The molecule has 0 aliphatic heterocycles. The first kappa shape index (κ1) is 17.9. The van der Waals surface area contributed by atoms with Gasteiger partial charge in [-0.05, 0) is 67.3 Å². The minimum atomic E-state index is -0.111. The van der Waals surface area contributed by atoms with E-state index in [0.717, 1.165) is 49.1 Å². The van der Waals surface area contributed by atoms with Crippen molar-refractivity contribution in [2.24, 2.45) is 5.92 Å². The first-order chi connectivity index (χ1) is 12.2. The zero-order valence-corrected chi connectivity index (χ0v) is 15.8. The second kappa shape index (κ2) is 7.52. The number of nitrogens with zero attached hydrogens (tertiary/aromatic N) is 5. The predicted molar refractivity (Wildman–Crippen MR) is 97.9 cm³/mol. The Bertz CT molecular complexity index is 687. The molecule has 0 N–H and O–H groups in total. The van der Waals surface area contributed by atoms with Gasteiger partial charge in [0.2, 0.25) is 0 Å². The molecule has 2 aromatic rings. The summed E-state index contributed by atoms with van der Waals surface area (Å²) in [6, 6.07) is 7.93. The summed E-state index contributed by atoms with van der Waals surface area (Å²) in [6.07, 6.45) is 4.58. The Morgan fingerprint density at radius 2 is 1.88 bits per heavy atom. The lowest BCUT2D eigenvalue weighted by molar-refractivity contribution is 0.0336. The molecule has 1 aromatic carbocycles. The molecule has 0 unspecified atom stereocenters. The van der Waals surface area contributed by atoms with Crippen molar-refractivity contribution in [2.45, 2.75) is 52.0 Å².